The van der Waals surface area contributed by atoms with E-state index in [1.165, 1.54) is 0 Å². The number of halogens is 1. The topological polar surface area (TPSA) is 54.5 Å². The van der Waals surface area contributed by atoms with E-state index in [2.05, 4.69) is 15.9 Å². The third kappa shape index (κ3) is 2.76. The van der Waals surface area contributed by atoms with Crippen LogP contribution >= 0.6 is 27.7 Å². The van der Waals surface area contributed by atoms with Gasteiger partial charge in [0.25, 0.3) is 5.24 Å². The number of imide groups is 1. The van der Waals surface area contributed by atoms with Crippen molar-refractivity contribution >= 4 is 44.6 Å². The van der Waals surface area contributed by atoms with Gasteiger partial charge in [-0.3, -0.25) is 19.3 Å². The molecule has 1 aromatic rings. The van der Waals surface area contributed by atoms with Crippen molar-refractivity contribution in [2.45, 2.75) is 0 Å². The van der Waals surface area contributed by atoms with Crippen LogP contribution in [0.15, 0.2) is 28.7 Å². The number of ketones is 1. The van der Waals surface area contributed by atoms with Gasteiger partial charge in [0, 0.05) is 10.0 Å². The van der Waals surface area contributed by atoms with E-state index < -0.39 is 0 Å². The average Bonchev–Trinajstić information content (AvgIpc) is 2.61. The third-order valence-corrected chi connectivity index (χ3v) is 3.64. The summed E-state index contributed by atoms with van der Waals surface area (Å²) in [6, 6.07) is 6.87. The second-order valence-corrected chi connectivity index (χ2v) is 5.31. The minimum Gasteiger partial charge on any atom is -0.292 e. The summed E-state index contributed by atoms with van der Waals surface area (Å²) in [6.07, 6.45) is 0. The Bertz CT molecular complexity index is 487. The Hall–Kier alpha value is -1.14. The van der Waals surface area contributed by atoms with E-state index in [4.69, 9.17) is 0 Å². The maximum Gasteiger partial charge on any atom is 0.289 e. The van der Waals surface area contributed by atoms with E-state index in [1.807, 2.05) is 0 Å². The van der Waals surface area contributed by atoms with Crippen LogP contribution in [-0.2, 0) is 4.79 Å². The summed E-state index contributed by atoms with van der Waals surface area (Å²) in [7, 11) is 0. The standard InChI is InChI=1S/C11H8BrNO3S/c12-8-3-1-2-7(4-8)9(14)5-13-10(15)6-17-11(13)16/h1-4H,5-6H2. The monoisotopic (exact) mass is 313 g/mol. The molecule has 0 aromatic heterocycles. The summed E-state index contributed by atoms with van der Waals surface area (Å²) in [5.41, 5.74) is 0.483. The molecule has 2 amide bonds. The summed E-state index contributed by atoms with van der Waals surface area (Å²) in [6.45, 7) is -0.179. The third-order valence-electron chi connectivity index (χ3n) is 2.29. The average molecular weight is 314 g/mol. The van der Waals surface area contributed by atoms with Crippen molar-refractivity contribution in [1.82, 2.24) is 4.90 Å². The number of hydrogen-bond donors (Lipinski definition) is 0. The molecule has 0 saturated carbocycles. The van der Waals surface area contributed by atoms with Crippen molar-refractivity contribution in [3.8, 4) is 0 Å². The van der Waals surface area contributed by atoms with Gasteiger partial charge >= 0.3 is 0 Å². The molecule has 0 radical (unpaired) electrons. The van der Waals surface area contributed by atoms with E-state index in [9.17, 15) is 14.4 Å². The quantitative estimate of drug-likeness (QED) is 0.804. The first-order chi connectivity index (χ1) is 8.08. The Kier molecular flexibility index (Phi) is 3.63. The number of amides is 2. The number of nitrogens with zero attached hydrogens (tertiary/aromatic N) is 1. The Morgan fingerprint density at radius 1 is 1.41 bits per heavy atom. The lowest BCUT2D eigenvalue weighted by Crippen LogP contribution is -2.33. The number of Topliss-reactive ketones (excluding diaryl/α,β-unsaturated/α-hetero) is 1. The highest BCUT2D eigenvalue weighted by Crippen LogP contribution is 2.19. The van der Waals surface area contributed by atoms with Crippen molar-refractivity contribution in [1.29, 1.82) is 0 Å². The van der Waals surface area contributed by atoms with Gasteiger partial charge in [-0.25, -0.2) is 0 Å². The molecule has 0 bridgehead atoms. The number of thioether (sulfide) groups is 1. The molecule has 1 saturated heterocycles. The summed E-state index contributed by atoms with van der Waals surface area (Å²) in [4.78, 5) is 35.5. The van der Waals surface area contributed by atoms with E-state index in [1.54, 1.807) is 24.3 Å². The molecule has 0 unspecified atom stereocenters. The first-order valence-corrected chi connectivity index (χ1v) is 6.61. The molecule has 0 N–H and O–H groups in total. The molecule has 0 atom stereocenters. The molecular formula is C11H8BrNO3S. The summed E-state index contributed by atoms with van der Waals surface area (Å²) < 4.78 is 0.789. The zero-order valence-corrected chi connectivity index (χ0v) is 11.1. The van der Waals surface area contributed by atoms with Crippen LogP contribution in [0.25, 0.3) is 0 Å². The molecule has 6 heteroatoms. The van der Waals surface area contributed by atoms with Crippen molar-refractivity contribution in [3.05, 3.63) is 34.3 Å². The largest absolute Gasteiger partial charge is 0.292 e. The van der Waals surface area contributed by atoms with Gasteiger partial charge in [0.1, 0.15) is 0 Å². The zero-order valence-electron chi connectivity index (χ0n) is 8.68. The van der Waals surface area contributed by atoms with Gasteiger partial charge in [0.05, 0.1) is 12.3 Å². The Morgan fingerprint density at radius 3 is 2.76 bits per heavy atom. The van der Waals surface area contributed by atoms with Crippen LogP contribution in [0, 0.1) is 0 Å². The first kappa shape index (κ1) is 12.3. The normalized spacial score (nSPS) is 15.5. The molecule has 1 aliphatic rings. The van der Waals surface area contributed by atoms with Crippen molar-refractivity contribution in [2.24, 2.45) is 0 Å². The Labute approximate surface area is 110 Å². The van der Waals surface area contributed by atoms with Gasteiger partial charge in [0.2, 0.25) is 5.91 Å². The SMILES string of the molecule is O=C(CN1C(=O)CSC1=O)c1cccc(Br)c1. The van der Waals surface area contributed by atoms with E-state index in [0.29, 0.717) is 5.56 Å². The maximum atomic E-state index is 11.9. The predicted molar refractivity (Wildman–Crippen MR) is 68.0 cm³/mol. The van der Waals surface area contributed by atoms with Gasteiger partial charge < -0.3 is 0 Å². The molecule has 0 spiro atoms. The van der Waals surface area contributed by atoms with Crippen LogP contribution in [0.2, 0.25) is 0 Å². The summed E-state index contributed by atoms with van der Waals surface area (Å²) in [5, 5.41) is -0.349. The lowest BCUT2D eigenvalue weighted by molar-refractivity contribution is -0.124. The Balaban J connectivity index is 2.12. The van der Waals surface area contributed by atoms with Crippen molar-refractivity contribution in [2.75, 3.05) is 12.3 Å². The molecule has 1 aliphatic heterocycles. The summed E-state index contributed by atoms with van der Waals surface area (Å²) >= 11 is 4.19. The number of carbonyl (C=O) groups is 3. The fraction of sp³-hybridized carbons (Fsp3) is 0.182. The van der Waals surface area contributed by atoms with Crippen LogP contribution in [0.3, 0.4) is 0 Å². The summed E-state index contributed by atoms with van der Waals surface area (Å²) in [5.74, 6) is -0.413. The van der Waals surface area contributed by atoms with Crippen molar-refractivity contribution < 1.29 is 14.4 Å². The second kappa shape index (κ2) is 5.01. The van der Waals surface area contributed by atoms with E-state index in [0.717, 1.165) is 21.1 Å². The lowest BCUT2D eigenvalue weighted by atomic mass is 10.1. The fourth-order valence-electron chi connectivity index (χ4n) is 1.43. The number of carbonyl (C=O) groups excluding carboxylic acids is 3. The van der Waals surface area contributed by atoms with Crippen LogP contribution < -0.4 is 0 Å². The van der Waals surface area contributed by atoms with Gasteiger partial charge in [-0.15, -0.1) is 0 Å². The van der Waals surface area contributed by atoms with Gasteiger partial charge in [0.15, 0.2) is 5.78 Å². The maximum absolute atomic E-state index is 11.9. The van der Waals surface area contributed by atoms with Crippen molar-refractivity contribution in [3.63, 3.8) is 0 Å². The molecule has 0 aliphatic carbocycles. The smallest absolute Gasteiger partial charge is 0.289 e. The van der Waals surface area contributed by atoms with Gasteiger partial charge in [-0.2, -0.15) is 0 Å². The minimum absolute atomic E-state index is 0.130. The van der Waals surface area contributed by atoms with E-state index >= 15 is 0 Å². The highest BCUT2D eigenvalue weighted by Gasteiger charge is 2.31. The molecular weight excluding hydrogens is 306 g/mol. The van der Waals surface area contributed by atoms with Crippen LogP contribution in [-0.4, -0.2) is 34.1 Å². The lowest BCUT2D eigenvalue weighted by Gasteiger charge is -2.11. The van der Waals surface area contributed by atoms with Crippen LogP contribution in [0.5, 0.6) is 0 Å². The predicted octanol–water partition coefficient (Wildman–Crippen LogP) is 2.33. The fourth-order valence-corrected chi connectivity index (χ4v) is 2.55. The molecule has 4 nitrogen and oxygen atoms in total. The number of benzene rings is 1. The second-order valence-electron chi connectivity index (χ2n) is 3.47. The zero-order chi connectivity index (χ0) is 12.4. The molecule has 88 valence electrons. The molecule has 2 rings (SSSR count). The minimum atomic E-state index is -0.349. The Morgan fingerprint density at radius 2 is 2.18 bits per heavy atom. The molecule has 17 heavy (non-hydrogen) atoms. The van der Waals surface area contributed by atoms with E-state index in [-0.39, 0.29) is 29.2 Å². The molecule has 1 heterocycles. The van der Waals surface area contributed by atoms with Gasteiger partial charge in [-0.05, 0) is 12.1 Å². The number of rotatable bonds is 3. The highest BCUT2D eigenvalue weighted by molar-refractivity contribution is 9.10. The first-order valence-electron chi connectivity index (χ1n) is 4.84. The van der Waals surface area contributed by atoms with Crippen LogP contribution in [0.4, 0.5) is 4.79 Å². The number of hydrogen-bond acceptors (Lipinski definition) is 4. The molecule has 1 aromatic carbocycles. The molecule has 1 fully saturated rings. The highest BCUT2D eigenvalue weighted by atomic mass is 79.9. The van der Waals surface area contributed by atoms with Crippen LogP contribution in [0.1, 0.15) is 10.4 Å². The van der Waals surface area contributed by atoms with Gasteiger partial charge in [-0.1, -0.05) is 39.8 Å².